The van der Waals surface area contributed by atoms with Gasteiger partial charge in [-0.25, -0.2) is 4.39 Å². The molecular weight excluding hydrogens is 325 g/mol. The third-order valence-electron chi connectivity index (χ3n) is 4.24. The fourth-order valence-corrected chi connectivity index (χ4v) is 2.88. The molecule has 2 aromatic carbocycles. The van der Waals surface area contributed by atoms with Crippen molar-refractivity contribution in [2.75, 3.05) is 31.6 Å². The van der Waals surface area contributed by atoms with E-state index in [1.807, 2.05) is 24.3 Å². The van der Waals surface area contributed by atoms with Crippen LogP contribution in [0.1, 0.15) is 11.1 Å². The van der Waals surface area contributed by atoms with Crippen LogP contribution in [-0.4, -0.2) is 36.1 Å². The summed E-state index contributed by atoms with van der Waals surface area (Å²) in [7, 11) is 0. The number of hydrogen-bond acceptors (Lipinski definition) is 5. The number of halogens is 1. The molecule has 0 spiro atoms. The zero-order valence-corrected chi connectivity index (χ0v) is 13.8. The molecule has 0 unspecified atom stereocenters. The molecule has 132 valence electrons. The molecular formula is C18H20FN3O3. The van der Waals surface area contributed by atoms with E-state index >= 15 is 0 Å². The molecule has 2 aromatic rings. The lowest BCUT2D eigenvalue weighted by molar-refractivity contribution is -0.384. The van der Waals surface area contributed by atoms with E-state index in [4.69, 9.17) is 4.74 Å². The van der Waals surface area contributed by atoms with E-state index in [9.17, 15) is 14.5 Å². The first-order valence-corrected chi connectivity index (χ1v) is 8.18. The van der Waals surface area contributed by atoms with Gasteiger partial charge in [-0.15, -0.1) is 0 Å². The molecule has 0 aliphatic carbocycles. The Morgan fingerprint density at radius 3 is 2.60 bits per heavy atom. The van der Waals surface area contributed by atoms with Crippen molar-refractivity contribution >= 4 is 11.4 Å². The monoisotopic (exact) mass is 345 g/mol. The Morgan fingerprint density at radius 1 is 1.16 bits per heavy atom. The highest BCUT2D eigenvalue weighted by molar-refractivity contribution is 5.61. The SMILES string of the molecule is O=[N+]([O-])c1ccc(F)cc1NCc1ccccc1CN1CCOCC1. The summed E-state index contributed by atoms with van der Waals surface area (Å²) >= 11 is 0. The molecule has 1 aliphatic heterocycles. The minimum atomic E-state index is -0.512. The molecule has 0 bridgehead atoms. The van der Waals surface area contributed by atoms with Crippen LogP contribution >= 0.6 is 0 Å². The predicted octanol–water partition coefficient (Wildman–Crippen LogP) is 3.18. The number of morpholine rings is 1. The van der Waals surface area contributed by atoms with Gasteiger partial charge >= 0.3 is 0 Å². The number of nitrogens with one attached hydrogen (secondary N) is 1. The number of anilines is 1. The highest BCUT2D eigenvalue weighted by Crippen LogP contribution is 2.26. The third-order valence-corrected chi connectivity index (χ3v) is 4.24. The van der Waals surface area contributed by atoms with Gasteiger partial charge in [-0.05, 0) is 17.2 Å². The van der Waals surface area contributed by atoms with Crippen LogP contribution in [0.25, 0.3) is 0 Å². The number of hydrogen-bond donors (Lipinski definition) is 1. The van der Waals surface area contributed by atoms with Gasteiger partial charge < -0.3 is 10.1 Å². The molecule has 1 fully saturated rings. The second kappa shape index (κ2) is 8.04. The average Bonchev–Trinajstić information content (AvgIpc) is 2.61. The molecule has 7 heteroatoms. The van der Waals surface area contributed by atoms with Gasteiger partial charge in [-0.3, -0.25) is 15.0 Å². The topological polar surface area (TPSA) is 67.6 Å². The van der Waals surface area contributed by atoms with Crippen LogP contribution in [0.2, 0.25) is 0 Å². The van der Waals surface area contributed by atoms with Gasteiger partial charge in [0.25, 0.3) is 5.69 Å². The summed E-state index contributed by atoms with van der Waals surface area (Å²) in [6, 6.07) is 11.4. The van der Waals surface area contributed by atoms with E-state index in [0.717, 1.165) is 56.1 Å². The molecule has 0 aromatic heterocycles. The Hall–Kier alpha value is -2.51. The van der Waals surface area contributed by atoms with Crippen LogP contribution in [0, 0.1) is 15.9 Å². The standard InChI is InChI=1S/C18H20FN3O3/c19-16-5-6-18(22(23)24)17(11-16)20-12-14-3-1-2-4-15(14)13-21-7-9-25-10-8-21/h1-6,11,20H,7-10,12-13H2. The average molecular weight is 345 g/mol. The number of nitrogens with zero attached hydrogens (tertiary/aromatic N) is 2. The third kappa shape index (κ3) is 4.52. The van der Waals surface area contributed by atoms with Gasteiger partial charge in [0, 0.05) is 38.3 Å². The number of ether oxygens (including phenoxy) is 1. The first-order valence-electron chi connectivity index (χ1n) is 8.18. The van der Waals surface area contributed by atoms with Gasteiger partial charge in [-0.2, -0.15) is 0 Å². The second-order valence-corrected chi connectivity index (χ2v) is 5.93. The Bertz CT molecular complexity index is 748. The summed E-state index contributed by atoms with van der Waals surface area (Å²) in [5.74, 6) is -0.505. The Morgan fingerprint density at radius 2 is 1.88 bits per heavy atom. The van der Waals surface area contributed by atoms with E-state index in [2.05, 4.69) is 10.2 Å². The lowest BCUT2D eigenvalue weighted by atomic mass is 10.1. The summed E-state index contributed by atoms with van der Waals surface area (Å²) in [5, 5.41) is 14.1. The lowest BCUT2D eigenvalue weighted by Crippen LogP contribution is -2.35. The molecule has 0 amide bonds. The number of nitro groups is 1. The van der Waals surface area contributed by atoms with Crippen LogP contribution in [0.5, 0.6) is 0 Å². The van der Waals surface area contributed by atoms with Crippen molar-refractivity contribution in [3.63, 3.8) is 0 Å². The molecule has 0 atom stereocenters. The van der Waals surface area contributed by atoms with Crippen molar-refractivity contribution in [1.29, 1.82) is 0 Å². The maximum atomic E-state index is 13.4. The van der Waals surface area contributed by atoms with Crippen LogP contribution in [0.15, 0.2) is 42.5 Å². The Balaban J connectivity index is 1.73. The van der Waals surface area contributed by atoms with Crippen molar-refractivity contribution in [3.8, 4) is 0 Å². The van der Waals surface area contributed by atoms with Gasteiger partial charge in [0.1, 0.15) is 11.5 Å². The predicted molar refractivity (Wildman–Crippen MR) is 92.9 cm³/mol. The number of nitro benzene ring substituents is 1. The maximum Gasteiger partial charge on any atom is 0.292 e. The first kappa shape index (κ1) is 17.3. The van der Waals surface area contributed by atoms with Crippen molar-refractivity contribution in [3.05, 3.63) is 69.5 Å². The quantitative estimate of drug-likeness (QED) is 0.643. The van der Waals surface area contributed by atoms with Crippen LogP contribution < -0.4 is 5.32 Å². The van der Waals surface area contributed by atoms with Crippen LogP contribution in [0.3, 0.4) is 0 Å². The summed E-state index contributed by atoms with van der Waals surface area (Å²) in [6.07, 6.45) is 0. The zero-order valence-electron chi connectivity index (χ0n) is 13.8. The van der Waals surface area contributed by atoms with Gasteiger partial charge in [-0.1, -0.05) is 24.3 Å². The smallest absolute Gasteiger partial charge is 0.292 e. The molecule has 1 N–H and O–H groups in total. The molecule has 0 radical (unpaired) electrons. The van der Waals surface area contributed by atoms with Gasteiger partial charge in [0.15, 0.2) is 0 Å². The Labute approximate surface area is 145 Å². The number of benzene rings is 2. The van der Waals surface area contributed by atoms with Gasteiger partial charge in [0.2, 0.25) is 0 Å². The maximum absolute atomic E-state index is 13.4. The first-order chi connectivity index (χ1) is 12.1. The van der Waals surface area contributed by atoms with Crippen molar-refractivity contribution < 1.29 is 14.1 Å². The highest BCUT2D eigenvalue weighted by atomic mass is 19.1. The molecule has 6 nitrogen and oxygen atoms in total. The minimum absolute atomic E-state index is 0.132. The molecule has 0 saturated carbocycles. The van der Waals surface area contributed by atoms with Gasteiger partial charge in [0.05, 0.1) is 18.1 Å². The molecule has 1 heterocycles. The summed E-state index contributed by atoms with van der Waals surface area (Å²) < 4.78 is 18.8. The van der Waals surface area contributed by atoms with E-state index in [1.54, 1.807) is 0 Å². The van der Waals surface area contributed by atoms with E-state index in [1.165, 1.54) is 6.07 Å². The summed E-state index contributed by atoms with van der Waals surface area (Å²) in [6.45, 7) is 4.43. The fourth-order valence-electron chi connectivity index (χ4n) is 2.88. The molecule has 1 aliphatic rings. The largest absolute Gasteiger partial charge is 0.379 e. The minimum Gasteiger partial charge on any atom is -0.379 e. The molecule has 1 saturated heterocycles. The van der Waals surface area contributed by atoms with Crippen molar-refractivity contribution in [1.82, 2.24) is 4.90 Å². The van der Waals surface area contributed by atoms with E-state index in [0.29, 0.717) is 6.54 Å². The summed E-state index contributed by atoms with van der Waals surface area (Å²) in [5.41, 5.74) is 2.24. The normalized spacial score (nSPS) is 15.1. The lowest BCUT2D eigenvalue weighted by Gasteiger charge is -2.27. The van der Waals surface area contributed by atoms with Crippen molar-refractivity contribution in [2.24, 2.45) is 0 Å². The summed E-state index contributed by atoms with van der Waals surface area (Å²) in [4.78, 5) is 12.9. The van der Waals surface area contributed by atoms with Crippen molar-refractivity contribution in [2.45, 2.75) is 13.1 Å². The number of rotatable bonds is 6. The van der Waals surface area contributed by atoms with E-state index in [-0.39, 0.29) is 11.4 Å². The zero-order chi connectivity index (χ0) is 17.6. The highest BCUT2D eigenvalue weighted by Gasteiger charge is 2.16. The fraction of sp³-hybridized carbons (Fsp3) is 0.333. The van der Waals surface area contributed by atoms with Crippen LogP contribution in [0.4, 0.5) is 15.8 Å². The Kier molecular flexibility index (Phi) is 5.57. The second-order valence-electron chi connectivity index (χ2n) is 5.93. The molecule has 3 rings (SSSR count). The van der Waals surface area contributed by atoms with E-state index < -0.39 is 10.7 Å². The molecule has 25 heavy (non-hydrogen) atoms. The van der Waals surface area contributed by atoms with Crippen LogP contribution in [-0.2, 0) is 17.8 Å².